The fraction of sp³-hybridized carbons (Fsp3) is 0.350. The highest BCUT2D eigenvalue weighted by Crippen LogP contribution is 2.26. The van der Waals surface area contributed by atoms with E-state index in [0.717, 1.165) is 29.4 Å². The normalized spacial score (nSPS) is 11.1. The van der Waals surface area contributed by atoms with Crippen molar-refractivity contribution in [2.75, 3.05) is 31.1 Å². The van der Waals surface area contributed by atoms with Crippen molar-refractivity contribution in [1.82, 2.24) is 5.32 Å². The van der Waals surface area contributed by atoms with Crippen molar-refractivity contribution in [3.05, 3.63) is 63.7 Å². The zero-order valence-corrected chi connectivity index (χ0v) is 16.5. The number of para-hydroxylation sites is 1. The summed E-state index contributed by atoms with van der Waals surface area (Å²) in [5.41, 5.74) is 1.19. The van der Waals surface area contributed by atoms with E-state index < -0.39 is 29.3 Å². The quantitative estimate of drug-likeness (QED) is 0.483. The summed E-state index contributed by atoms with van der Waals surface area (Å²) in [5, 5.41) is 13.8. The lowest BCUT2D eigenvalue weighted by Crippen LogP contribution is -2.35. The summed E-state index contributed by atoms with van der Waals surface area (Å²) in [6.45, 7) is 3.68. The molecule has 1 N–H and O–H groups in total. The highest BCUT2D eigenvalue weighted by Gasteiger charge is 2.29. The number of aryl methyl sites for hydroxylation is 1. The first-order valence-electron chi connectivity index (χ1n) is 9.19. The molecule has 0 unspecified atom stereocenters. The monoisotopic (exact) mass is 425 g/mol. The Kier molecular flexibility index (Phi) is 7.62. The molecule has 0 fully saturated rings. The molecule has 0 heterocycles. The van der Waals surface area contributed by atoms with Crippen molar-refractivity contribution in [3.8, 4) is 5.75 Å². The van der Waals surface area contributed by atoms with E-state index in [0.29, 0.717) is 13.1 Å². The Labute approximate surface area is 171 Å². The molecule has 2 aromatic carbocycles. The number of halogens is 3. The first kappa shape index (κ1) is 23.0. The molecule has 30 heavy (non-hydrogen) atoms. The maximum atomic E-state index is 12.5. The van der Waals surface area contributed by atoms with Gasteiger partial charge in [-0.15, -0.1) is 0 Å². The first-order valence-corrected chi connectivity index (χ1v) is 9.19. The molecule has 0 saturated heterocycles. The van der Waals surface area contributed by atoms with Crippen molar-refractivity contribution in [2.45, 2.75) is 20.0 Å². The van der Waals surface area contributed by atoms with E-state index >= 15 is 0 Å². The fourth-order valence-corrected chi connectivity index (χ4v) is 2.88. The molecule has 1 amide bonds. The summed E-state index contributed by atoms with van der Waals surface area (Å²) in [6.07, 6.45) is -4.57. The number of carbonyl (C=O) groups excluding carboxylic acids is 1. The molecule has 0 aromatic heterocycles. The summed E-state index contributed by atoms with van der Waals surface area (Å²) < 4.78 is 41.6. The molecule has 0 radical (unpaired) electrons. The van der Waals surface area contributed by atoms with Gasteiger partial charge >= 0.3 is 6.18 Å². The van der Waals surface area contributed by atoms with Crippen molar-refractivity contribution in [3.63, 3.8) is 0 Å². The number of hydrogen-bond donors (Lipinski definition) is 1. The van der Waals surface area contributed by atoms with Gasteiger partial charge in [0, 0.05) is 31.4 Å². The standard InChI is InChI=1S/C20H22F3N3O4/c1-3-25(17-7-5-4-6-14(17)2)11-10-24-19(27)16-12-15(30-13-20(21,22)23)8-9-18(16)26(28)29/h4-9,12H,3,10-11,13H2,1-2H3,(H,24,27). The van der Waals surface area contributed by atoms with Crippen molar-refractivity contribution < 1.29 is 27.6 Å². The van der Waals surface area contributed by atoms with Crippen LogP contribution in [0.15, 0.2) is 42.5 Å². The molecule has 0 atom stereocenters. The van der Waals surface area contributed by atoms with E-state index in [1.165, 1.54) is 0 Å². The maximum Gasteiger partial charge on any atom is 0.422 e. The van der Waals surface area contributed by atoms with Crippen LogP contribution in [0.1, 0.15) is 22.8 Å². The van der Waals surface area contributed by atoms with Crippen LogP contribution in [0.25, 0.3) is 0 Å². The smallest absolute Gasteiger partial charge is 0.422 e. The van der Waals surface area contributed by atoms with Crippen LogP contribution in [-0.2, 0) is 0 Å². The Morgan fingerprint density at radius 3 is 2.53 bits per heavy atom. The number of benzene rings is 2. The summed E-state index contributed by atoms with van der Waals surface area (Å²) >= 11 is 0. The molecular formula is C20H22F3N3O4. The van der Waals surface area contributed by atoms with Crippen LogP contribution in [0.3, 0.4) is 0 Å². The van der Waals surface area contributed by atoms with Gasteiger partial charge in [0.05, 0.1) is 4.92 Å². The number of nitro benzene ring substituents is 1. The van der Waals surface area contributed by atoms with Crippen LogP contribution in [0.4, 0.5) is 24.5 Å². The second kappa shape index (κ2) is 9.95. The fourth-order valence-electron chi connectivity index (χ4n) is 2.88. The molecule has 0 bridgehead atoms. The number of alkyl halides is 3. The van der Waals surface area contributed by atoms with E-state index in [4.69, 9.17) is 0 Å². The van der Waals surface area contributed by atoms with Crippen LogP contribution in [-0.4, -0.2) is 43.2 Å². The molecule has 2 aromatic rings. The Hall–Kier alpha value is -3.30. The molecule has 10 heteroatoms. The van der Waals surface area contributed by atoms with Crippen LogP contribution >= 0.6 is 0 Å². The Morgan fingerprint density at radius 2 is 1.93 bits per heavy atom. The number of nitrogens with one attached hydrogen (secondary N) is 1. The highest BCUT2D eigenvalue weighted by molar-refractivity contribution is 5.98. The first-order chi connectivity index (χ1) is 14.1. The topological polar surface area (TPSA) is 84.7 Å². The second-order valence-corrected chi connectivity index (χ2v) is 6.46. The number of rotatable bonds is 9. The minimum absolute atomic E-state index is 0.186. The van der Waals surface area contributed by atoms with Gasteiger partial charge in [-0.2, -0.15) is 13.2 Å². The van der Waals surface area contributed by atoms with Gasteiger partial charge in [-0.25, -0.2) is 0 Å². The molecule has 0 aliphatic heterocycles. The number of amides is 1. The van der Waals surface area contributed by atoms with Crippen LogP contribution in [0.5, 0.6) is 5.75 Å². The van der Waals surface area contributed by atoms with Crippen LogP contribution in [0, 0.1) is 17.0 Å². The van der Waals surface area contributed by atoms with Crippen LogP contribution < -0.4 is 15.0 Å². The number of carbonyl (C=O) groups is 1. The lowest BCUT2D eigenvalue weighted by atomic mass is 10.1. The number of likely N-dealkylation sites (N-methyl/N-ethyl adjacent to an activating group) is 1. The number of nitrogens with zero attached hydrogens (tertiary/aromatic N) is 2. The van der Waals surface area contributed by atoms with Crippen molar-refractivity contribution in [1.29, 1.82) is 0 Å². The molecule has 7 nitrogen and oxygen atoms in total. The van der Waals surface area contributed by atoms with E-state index in [9.17, 15) is 28.1 Å². The largest absolute Gasteiger partial charge is 0.484 e. The van der Waals surface area contributed by atoms with Gasteiger partial charge in [-0.05, 0) is 37.6 Å². The Balaban J connectivity index is 2.09. The lowest BCUT2D eigenvalue weighted by Gasteiger charge is -2.25. The Morgan fingerprint density at radius 1 is 1.23 bits per heavy atom. The van der Waals surface area contributed by atoms with E-state index in [1.54, 1.807) is 0 Å². The van der Waals surface area contributed by atoms with Gasteiger partial charge in [0.25, 0.3) is 11.6 Å². The molecule has 0 saturated carbocycles. The molecule has 0 aliphatic carbocycles. The predicted octanol–water partition coefficient (Wildman–Crippen LogP) is 4.10. The number of anilines is 1. The third kappa shape index (κ3) is 6.36. The average Bonchev–Trinajstić information content (AvgIpc) is 2.69. The Bertz CT molecular complexity index is 903. The van der Waals surface area contributed by atoms with E-state index in [2.05, 4.69) is 10.1 Å². The number of hydrogen-bond acceptors (Lipinski definition) is 5. The van der Waals surface area contributed by atoms with Gasteiger partial charge in [0.1, 0.15) is 11.3 Å². The molecular weight excluding hydrogens is 403 g/mol. The molecule has 2 rings (SSSR count). The van der Waals surface area contributed by atoms with Crippen molar-refractivity contribution >= 4 is 17.3 Å². The zero-order chi connectivity index (χ0) is 22.3. The lowest BCUT2D eigenvalue weighted by molar-refractivity contribution is -0.385. The number of nitro groups is 1. The van der Waals surface area contributed by atoms with E-state index in [-0.39, 0.29) is 17.9 Å². The van der Waals surface area contributed by atoms with E-state index in [1.807, 2.05) is 43.0 Å². The van der Waals surface area contributed by atoms with Gasteiger partial charge in [0.2, 0.25) is 0 Å². The van der Waals surface area contributed by atoms with Gasteiger partial charge in [0.15, 0.2) is 6.61 Å². The number of ether oxygens (including phenoxy) is 1. The summed E-state index contributed by atoms with van der Waals surface area (Å²) in [7, 11) is 0. The predicted molar refractivity (Wildman–Crippen MR) is 106 cm³/mol. The van der Waals surface area contributed by atoms with Gasteiger partial charge in [-0.3, -0.25) is 14.9 Å². The van der Waals surface area contributed by atoms with Gasteiger partial charge < -0.3 is 15.0 Å². The summed E-state index contributed by atoms with van der Waals surface area (Å²) in [5.74, 6) is -1.04. The molecule has 0 aliphatic rings. The molecule has 162 valence electrons. The summed E-state index contributed by atoms with van der Waals surface area (Å²) in [6, 6.07) is 10.7. The third-order valence-electron chi connectivity index (χ3n) is 4.32. The highest BCUT2D eigenvalue weighted by atomic mass is 19.4. The van der Waals surface area contributed by atoms with Gasteiger partial charge in [-0.1, -0.05) is 18.2 Å². The SMILES string of the molecule is CCN(CCNC(=O)c1cc(OCC(F)(F)F)ccc1[N+](=O)[O-])c1ccccc1C. The van der Waals surface area contributed by atoms with Crippen LogP contribution in [0.2, 0.25) is 0 Å². The molecule has 0 spiro atoms. The van der Waals surface area contributed by atoms with Crippen molar-refractivity contribution in [2.24, 2.45) is 0 Å². The average molecular weight is 425 g/mol. The zero-order valence-electron chi connectivity index (χ0n) is 16.5. The third-order valence-corrected chi connectivity index (χ3v) is 4.32. The minimum atomic E-state index is -4.57. The minimum Gasteiger partial charge on any atom is -0.484 e. The second-order valence-electron chi connectivity index (χ2n) is 6.46. The summed E-state index contributed by atoms with van der Waals surface area (Å²) in [4.78, 5) is 25.0. The maximum absolute atomic E-state index is 12.5.